The fourth-order valence-electron chi connectivity index (χ4n) is 1.47. The van der Waals surface area contributed by atoms with Gasteiger partial charge in [-0.25, -0.2) is 0 Å². The zero-order valence-electron chi connectivity index (χ0n) is 9.14. The van der Waals surface area contributed by atoms with Crippen molar-refractivity contribution in [3.63, 3.8) is 0 Å². The molecule has 1 nitrogen and oxygen atoms in total. The summed E-state index contributed by atoms with van der Waals surface area (Å²) in [5.74, 6) is 0. The summed E-state index contributed by atoms with van der Waals surface area (Å²) in [7, 11) is 0. The minimum absolute atomic E-state index is 0.844. The Morgan fingerprint density at radius 1 is 1.00 bits per heavy atom. The van der Waals surface area contributed by atoms with Crippen molar-refractivity contribution in [3.8, 4) is 0 Å². The summed E-state index contributed by atoms with van der Waals surface area (Å²) < 4.78 is 2.07. The van der Waals surface area contributed by atoms with Crippen LogP contribution in [0.5, 0.6) is 0 Å². The molecule has 0 bridgehead atoms. The number of nitrogens with zero attached hydrogens (tertiary/aromatic N) is 1. The molecule has 0 saturated heterocycles. The van der Waals surface area contributed by atoms with Gasteiger partial charge in [-0.3, -0.25) is 0 Å². The molecule has 0 aliphatic heterocycles. The van der Waals surface area contributed by atoms with Gasteiger partial charge in [0.25, 0.3) is 0 Å². The molecular weight excluding hydrogens is 341 g/mol. The van der Waals surface area contributed by atoms with E-state index in [1.807, 2.05) is 42.5 Å². The SMILES string of the molecule is [Se]C(Cc1ccccc1)=Nc1ccc(Br)cc1. The van der Waals surface area contributed by atoms with Gasteiger partial charge >= 0.3 is 118 Å². The molecule has 3 heteroatoms. The van der Waals surface area contributed by atoms with Crippen LogP contribution in [-0.2, 0) is 6.42 Å². The van der Waals surface area contributed by atoms with Crippen molar-refractivity contribution in [2.75, 3.05) is 0 Å². The van der Waals surface area contributed by atoms with Crippen LogP contribution in [0, 0.1) is 0 Å². The van der Waals surface area contributed by atoms with Crippen molar-refractivity contribution < 1.29 is 0 Å². The summed E-state index contributed by atoms with van der Waals surface area (Å²) >= 11 is 6.44. The Labute approximate surface area is 118 Å². The molecule has 0 aromatic heterocycles. The number of hydrogen-bond acceptors (Lipinski definition) is 1. The predicted molar refractivity (Wildman–Crippen MR) is 77.1 cm³/mol. The van der Waals surface area contributed by atoms with Crippen LogP contribution >= 0.6 is 15.9 Å². The Kier molecular flexibility index (Phi) is 4.55. The molecule has 0 atom stereocenters. The summed E-state index contributed by atoms with van der Waals surface area (Å²) in [4.78, 5) is 4.54. The first-order valence-corrected chi connectivity index (χ1v) is 6.93. The molecule has 0 aliphatic rings. The average molecular weight is 352 g/mol. The number of halogens is 1. The fourth-order valence-corrected chi connectivity index (χ4v) is 2.30. The van der Waals surface area contributed by atoms with E-state index in [1.54, 1.807) is 0 Å². The predicted octanol–water partition coefficient (Wildman–Crippen LogP) is 3.89. The third-order valence-corrected chi connectivity index (χ3v) is 3.30. The molecule has 1 radical (unpaired) electrons. The normalized spacial score (nSPS) is 11.5. The van der Waals surface area contributed by atoms with Gasteiger partial charge in [-0.1, -0.05) is 0 Å². The summed E-state index contributed by atoms with van der Waals surface area (Å²) in [6.45, 7) is 0. The first kappa shape index (κ1) is 12.6. The molecule has 85 valence electrons. The Morgan fingerprint density at radius 2 is 1.65 bits per heavy atom. The van der Waals surface area contributed by atoms with Gasteiger partial charge in [0.05, 0.1) is 0 Å². The third-order valence-electron chi connectivity index (χ3n) is 2.28. The Balaban J connectivity index is 2.09. The van der Waals surface area contributed by atoms with E-state index in [9.17, 15) is 0 Å². The molecule has 2 aromatic rings. The monoisotopic (exact) mass is 352 g/mol. The summed E-state index contributed by atoms with van der Waals surface area (Å²) in [5, 5.41) is 0. The Hall–Kier alpha value is -0.891. The maximum atomic E-state index is 4.54. The molecule has 0 amide bonds. The summed E-state index contributed by atoms with van der Waals surface area (Å²) in [6.07, 6.45) is 0.844. The van der Waals surface area contributed by atoms with E-state index in [2.05, 4.69) is 49.1 Å². The topological polar surface area (TPSA) is 12.4 Å². The zero-order chi connectivity index (χ0) is 12.1. The molecule has 0 aliphatic carbocycles. The van der Waals surface area contributed by atoms with Crippen LogP contribution in [0.2, 0.25) is 0 Å². The second-order valence-electron chi connectivity index (χ2n) is 3.64. The summed E-state index contributed by atoms with van der Waals surface area (Å²) in [5.41, 5.74) is 2.24. The van der Waals surface area contributed by atoms with Crippen LogP contribution in [0.4, 0.5) is 5.69 Å². The van der Waals surface area contributed by atoms with E-state index in [0.29, 0.717) is 0 Å². The van der Waals surface area contributed by atoms with Gasteiger partial charge in [0.1, 0.15) is 0 Å². The van der Waals surface area contributed by atoms with Crippen LogP contribution in [-0.4, -0.2) is 20.6 Å². The summed E-state index contributed by atoms with van der Waals surface area (Å²) in [6, 6.07) is 18.3. The van der Waals surface area contributed by atoms with Crippen LogP contribution in [0.15, 0.2) is 64.1 Å². The van der Waals surface area contributed by atoms with E-state index in [-0.39, 0.29) is 0 Å². The molecule has 2 rings (SSSR count). The molecule has 2 aromatic carbocycles. The minimum atomic E-state index is 0.844. The molecule has 0 saturated carbocycles. The van der Waals surface area contributed by atoms with Crippen molar-refractivity contribution >= 4 is 42.2 Å². The fraction of sp³-hybridized carbons (Fsp3) is 0.0714. The maximum absolute atomic E-state index is 4.54. The van der Waals surface area contributed by atoms with Crippen molar-refractivity contribution in [3.05, 3.63) is 64.6 Å². The van der Waals surface area contributed by atoms with E-state index in [0.717, 1.165) is 21.2 Å². The van der Waals surface area contributed by atoms with Crippen LogP contribution < -0.4 is 0 Å². The quantitative estimate of drug-likeness (QED) is 0.587. The molecule has 0 fully saturated rings. The zero-order valence-corrected chi connectivity index (χ0v) is 12.4. The first-order chi connectivity index (χ1) is 8.24. The van der Waals surface area contributed by atoms with Gasteiger partial charge in [0.15, 0.2) is 0 Å². The van der Waals surface area contributed by atoms with Crippen LogP contribution in [0.1, 0.15) is 5.56 Å². The van der Waals surface area contributed by atoms with Gasteiger partial charge in [-0.05, 0) is 0 Å². The van der Waals surface area contributed by atoms with Gasteiger partial charge in [0, 0.05) is 0 Å². The second-order valence-corrected chi connectivity index (χ2v) is 5.55. The van der Waals surface area contributed by atoms with Crippen LogP contribution in [0.3, 0.4) is 0 Å². The van der Waals surface area contributed by atoms with Crippen molar-refractivity contribution in [2.24, 2.45) is 4.99 Å². The number of aliphatic imine (C=N–C) groups is 1. The average Bonchev–Trinajstić information content (AvgIpc) is 2.33. The molecule has 0 heterocycles. The van der Waals surface area contributed by atoms with Crippen molar-refractivity contribution in [2.45, 2.75) is 6.42 Å². The number of hydrogen-bond donors (Lipinski definition) is 0. The Morgan fingerprint density at radius 3 is 2.29 bits per heavy atom. The van der Waals surface area contributed by atoms with Gasteiger partial charge in [0.2, 0.25) is 0 Å². The van der Waals surface area contributed by atoms with E-state index in [1.165, 1.54) is 5.56 Å². The van der Waals surface area contributed by atoms with E-state index >= 15 is 0 Å². The van der Waals surface area contributed by atoms with Crippen molar-refractivity contribution in [1.29, 1.82) is 0 Å². The van der Waals surface area contributed by atoms with Crippen LogP contribution in [0.25, 0.3) is 0 Å². The molecule has 0 unspecified atom stereocenters. The van der Waals surface area contributed by atoms with Crippen molar-refractivity contribution in [1.82, 2.24) is 0 Å². The molecular formula is C14H11BrNSe. The van der Waals surface area contributed by atoms with E-state index in [4.69, 9.17) is 0 Å². The number of rotatable bonds is 3. The third kappa shape index (κ3) is 4.12. The van der Waals surface area contributed by atoms with E-state index < -0.39 is 0 Å². The molecule has 0 spiro atoms. The van der Waals surface area contributed by atoms with Gasteiger partial charge in [-0.15, -0.1) is 0 Å². The standard InChI is InChI=1S/C14H11BrNSe/c15-12-6-8-13(9-7-12)16-14(17)10-11-4-2-1-3-5-11/h1-9H,10H2. The van der Waals surface area contributed by atoms with Gasteiger partial charge in [-0.2, -0.15) is 0 Å². The van der Waals surface area contributed by atoms with Gasteiger partial charge < -0.3 is 0 Å². The molecule has 17 heavy (non-hydrogen) atoms. The number of benzene rings is 2. The Bertz CT molecular complexity index is 506. The second kappa shape index (κ2) is 6.15. The first-order valence-electron chi connectivity index (χ1n) is 5.28. The molecule has 0 N–H and O–H groups in total.